The third-order valence-electron chi connectivity index (χ3n) is 8.22. The lowest BCUT2D eigenvalue weighted by molar-refractivity contribution is 0.232. The highest BCUT2D eigenvalue weighted by molar-refractivity contribution is 5.78. The van der Waals surface area contributed by atoms with E-state index in [1.54, 1.807) is 0 Å². The first kappa shape index (κ1) is 26.1. The van der Waals surface area contributed by atoms with Crippen molar-refractivity contribution < 1.29 is 0 Å². The van der Waals surface area contributed by atoms with Gasteiger partial charge in [0, 0.05) is 35.3 Å². The van der Waals surface area contributed by atoms with Crippen molar-refractivity contribution in [2.45, 2.75) is 84.7 Å². The molecule has 3 atom stereocenters. The van der Waals surface area contributed by atoms with Crippen LogP contribution < -0.4 is 5.69 Å². The fourth-order valence-electron chi connectivity index (χ4n) is 6.15. The average molecular weight is 514 g/mol. The SMILES string of the molecule is CCCCc1cn(C2C(C)CCCCC2CC)c(=O)n1Cc1ccc(-c2ccccc2-c2nn[nH]n2)nc1. The molecule has 3 heterocycles. The van der Waals surface area contributed by atoms with Crippen LogP contribution in [0.15, 0.2) is 53.6 Å². The first-order chi connectivity index (χ1) is 18.6. The smallest absolute Gasteiger partial charge is 0.295 e. The molecule has 1 fully saturated rings. The van der Waals surface area contributed by atoms with Gasteiger partial charge in [-0.3, -0.25) is 14.1 Å². The molecule has 0 spiro atoms. The highest BCUT2D eigenvalue weighted by atomic mass is 16.1. The number of nitrogens with one attached hydrogen (secondary N) is 1. The van der Waals surface area contributed by atoms with Crippen molar-refractivity contribution in [1.29, 1.82) is 0 Å². The monoisotopic (exact) mass is 513 g/mol. The number of aromatic nitrogens is 7. The zero-order valence-corrected chi connectivity index (χ0v) is 22.8. The molecule has 0 saturated heterocycles. The molecule has 8 nitrogen and oxygen atoms in total. The van der Waals surface area contributed by atoms with Crippen LogP contribution in [0, 0.1) is 11.8 Å². The predicted octanol–water partition coefficient (Wildman–Crippen LogP) is 6.06. The normalized spacial score (nSPS) is 19.9. The Morgan fingerprint density at radius 3 is 2.58 bits per heavy atom. The summed E-state index contributed by atoms with van der Waals surface area (Å²) in [7, 11) is 0. The Bertz CT molecular complexity index is 1370. The first-order valence-corrected chi connectivity index (χ1v) is 14.2. The van der Waals surface area contributed by atoms with Gasteiger partial charge >= 0.3 is 5.69 Å². The van der Waals surface area contributed by atoms with Crippen molar-refractivity contribution >= 4 is 0 Å². The Labute approximate surface area is 224 Å². The summed E-state index contributed by atoms with van der Waals surface area (Å²) in [6, 6.07) is 12.3. The lowest BCUT2D eigenvalue weighted by Gasteiger charge is -2.29. The number of imidazole rings is 1. The largest absolute Gasteiger partial charge is 0.328 e. The molecule has 8 heteroatoms. The van der Waals surface area contributed by atoms with Gasteiger partial charge in [0.2, 0.25) is 5.82 Å². The second-order valence-electron chi connectivity index (χ2n) is 10.8. The maximum absolute atomic E-state index is 13.9. The molecular formula is C30H39N7O. The van der Waals surface area contributed by atoms with Gasteiger partial charge in [-0.05, 0) is 54.4 Å². The van der Waals surface area contributed by atoms with E-state index in [0.29, 0.717) is 24.2 Å². The van der Waals surface area contributed by atoms with E-state index in [2.05, 4.69) is 58.2 Å². The Hall–Kier alpha value is -3.55. The minimum Gasteiger partial charge on any atom is -0.295 e. The average Bonchev–Trinajstić information content (AvgIpc) is 3.54. The molecule has 0 aliphatic heterocycles. The van der Waals surface area contributed by atoms with E-state index in [1.807, 2.05) is 41.1 Å². The minimum atomic E-state index is 0.125. The minimum absolute atomic E-state index is 0.125. The molecule has 1 aliphatic carbocycles. The van der Waals surface area contributed by atoms with Gasteiger partial charge in [-0.15, -0.1) is 10.2 Å². The summed E-state index contributed by atoms with van der Waals surface area (Å²) in [6.45, 7) is 7.35. The van der Waals surface area contributed by atoms with E-state index < -0.39 is 0 Å². The third-order valence-corrected chi connectivity index (χ3v) is 8.22. The van der Waals surface area contributed by atoms with E-state index in [-0.39, 0.29) is 11.7 Å². The topological polar surface area (TPSA) is 94.3 Å². The fourth-order valence-corrected chi connectivity index (χ4v) is 6.15. The number of benzene rings is 1. The van der Waals surface area contributed by atoms with Crippen LogP contribution >= 0.6 is 0 Å². The summed E-state index contributed by atoms with van der Waals surface area (Å²) >= 11 is 0. The van der Waals surface area contributed by atoms with Gasteiger partial charge in [0.25, 0.3) is 0 Å². The fraction of sp³-hybridized carbons (Fsp3) is 0.500. The Kier molecular flexibility index (Phi) is 8.15. The van der Waals surface area contributed by atoms with Crippen molar-refractivity contribution in [2.75, 3.05) is 0 Å². The summed E-state index contributed by atoms with van der Waals surface area (Å²) in [5.74, 6) is 1.61. The molecule has 1 N–H and O–H groups in total. The molecule has 3 aromatic heterocycles. The van der Waals surface area contributed by atoms with Gasteiger partial charge < -0.3 is 0 Å². The Morgan fingerprint density at radius 1 is 1.05 bits per heavy atom. The summed E-state index contributed by atoms with van der Waals surface area (Å²) in [5, 5.41) is 14.5. The molecule has 1 aliphatic rings. The molecule has 0 bridgehead atoms. The van der Waals surface area contributed by atoms with Gasteiger partial charge in [0.15, 0.2) is 0 Å². The molecule has 3 unspecified atom stereocenters. The van der Waals surface area contributed by atoms with Crippen LogP contribution in [-0.2, 0) is 13.0 Å². The molecular weight excluding hydrogens is 474 g/mol. The number of tetrazole rings is 1. The summed E-state index contributed by atoms with van der Waals surface area (Å²) < 4.78 is 4.09. The number of H-pyrrole nitrogens is 1. The molecule has 0 amide bonds. The number of aromatic amines is 1. The second-order valence-corrected chi connectivity index (χ2v) is 10.8. The van der Waals surface area contributed by atoms with Crippen LogP contribution in [0.4, 0.5) is 0 Å². The zero-order valence-electron chi connectivity index (χ0n) is 22.8. The maximum atomic E-state index is 13.9. The summed E-state index contributed by atoms with van der Waals surface area (Å²) in [6.07, 6.45) is 13.2. The number of hydrogen-bond donors (Lipinski definition) is 1. The number of rotatable bonds is 9. The van der Waals surface area contributed by atoms with Crippen LogP contribution in [0.1, 0.15) is 83.0 Å². The zero-order chi connectivity index (χ0) is 26.5. The van der Waals surface area contributed by atoms with Gasteiger partial charge in [0.1, 0.15) is 0 Å². The van der Waals surface area contributed by atoms with Crippen LogP contribution in [0.25, 0.3) is 22.6 Å². The van der Waals surface area contributed by atoms with Crippen molar-refractivity contribution in [3.05, 3.63) is 70.5 Å². The Morgan fingerprint density at radius 2 is 1.87 bits per heavy atom. The highest BCUT2D eigenvalue weighted by Gasteiger charge is 2.31. The number of nitrogens with zero attached hydrogens (tertiary/aromatic N) is 6. The van der Waals surface area contributed by atoms with Crippen molar-refractivity contribution in [1.82, 2.24) is 34.7 Å². The summed E-state index contributed by atoms with van der Waals surface area (Å²) in [4.78, 5) is 18.7. The molecule has 5 rings (SSSR count). The lowest BCUT2D eigenvalue weighted by Crippen LogP contribution is -2.34. The van der Waals surface area contributed by atoms with E-state index in [4.69, 9.17) is 4.98 Å². The number of pyridine rings is 1. The van der Waals surface area contributed by atoms with E-state index in [0.717, 1.165) is 53.8 Å². The number of hydrogen-bond acceptors (Lipinski definition) is 5. The number of unbranched alkanes of at least 4 members (excludes halogenated alkanes) is 1. The van der Waals surface area contributed by atoms with Crippen molar-refractivity contribution in [3.8, 4) is 22.6 Å². The molecule has 1 saturated carbocycles. The van der Waals surface area contributed by atoms with Crippen LogP contribution in [0.5, 0.6) is 0 Å². The van der Waals surface area contributed by atoms with E-state index in [1.165, 1.54) is 25.7 Å². The lowest BCUT2D eigenvalue weighted by atomic mass is 9.86. The molecule has 4 aromatic rings. The third kappa shape index (κ3) is 5.35. The second kappa shape index (κ2) is 11.9. The van der Waals surface area contributed by atoms with Gasteiger partial charge in [-0.2, -0.15) is 5.21 Å². The first-order valence-electron chi connectivity index (χ1n) is 14.2. The van der Waals surface area contributed by atoms with Crippen LogP contribution in [-0.4, -0.2) is 34.7 Å². The molecule has 38 heavy (non-hydrogen) atoms. The Balaban J connectivity index is 1.46. The van der Waals surface area contributed by atoms with E-state index in [9.17, 15) is 4.79 Å². The summed E-state index contributed by atoms with van der Waals surface area (Å²) in [5.41, 5.74) is 4.93. The molecule has 1 aromatic carbocycles. The maximum Gasteiger partial charge on any atom is 0.328 e. The van der Waals surface area contributed by atoms with Gasteiger partial charge in [0.05, 0.1) is 12.2 Å². The molecule has 0 radical (unpaired) electrons. The van der Waals surface area contributed by atoms with Crippen molar-refractivity contribution in [3.63, 3.8) is 0 Å². The quantitative estimate of drug-likeness (QED) is 0.275. The number of aryl methyl sites for hydroxylation is 1. The van der Waals surface area contributed by atoms with Crippen LogP contribution in [0.3, 0.4) is 0 Å². The molecule has 200 valence electrons. The standard InChI is InChI=1S/C30H39N7O/c1-4-6-13-24-20-37(28-21(3)11-7-8-12-23(28)5-2)30(38)36(24)19-22-16-17-27(31-18-22)25-14-9-10-15-26(25)29-32-34-35-33-29/h9-10,14-18,20-21,23,28H,4-8,11-13,19H2,1-3H3,(H,32,33,34,35). The van der Waals surface area contributed by atoms with Crippen molar-refractivity contribution in [2.24, 2.45) is 11.8 Å². The van der Waals surface area contributed by atoms with Crippen LogP contribution in [0.2, 0.25) is 0 Å². The predicted molar refractivity (Wildman–Crippen MR) is 150 cm³/mol. The van der Waals surface area contributed by atoms with Gasteiger partial charge in [-0.1, -0.05) is 76.8 Å². The van der Waals surface area contributed by atoms with E-state index >= 15 is 0 Å². The highest BCUT2D eigenvalue weighted by Crippen LogP contribution is 2.38. The van der Waals surface area contributed by atoms with Gasteiger partial charge in [-0.25, -0.2) is 4.79 Å².